The predicted octanol–water partition coefficient (Wildman–Crippen LogP) is 13.5. The Bertz CT molecular complexity index is 3250. The maximum absolute atomic E-state index is 2.84. The molecule has 0 N–H and O–H groups in total. The van der Waals surface area contributed by atoms with Gasteiger partial charge in [0.2, 0.25) is 0 Å². The van der Waals surface area contributed by atoms with Gasteiger partial charge >= 0.3 is 6.85 Å². The summed E-state index contributed by atoms with van der Waals surface area (Å²) in [5, 5.41) is 5.43. The molecule has 8 aromatic carbocycles. The Morgan fingerprint density at radius 2 is 1.23 bits per heavy atom. The first-order valence-corrected chi connectivity index (χ1v) is 22.4. The second-order valence-corrected chi connectivity index (χ2v) is 20.6. The summed E-state index contributed by atoms with van der Waals surface area (Å²) in [7, 11) is 0. The Hall–Kier alpha value is -5.86. The Morgan fingerprint density at radius 1 is 0.533 bits per heavy atom. The molecule has 290 valence electrons. The van der Waals surface area contributed by atoms with Crippen molar-refractivity contribution < 1.29 is 0 Å². The molecule has 1 unspecified atom stereocenters. The van der Waals surface area contributed by atoms with Crippen molar-refractivity contribution in [3.05, 3.63) is 178 Å². The molecule has 0 bridgehead atoms. The Kier molecular flexibility index (Phi) is 6.69. The highest BCUT2D eigenvalue weighted by molar-refractivity contribution is 6.92. The van der Waals surface area contributed by atoms with Crippen molar-refractivity contribution in [2.24, 2.45) is 0 Å². The zero-order valence-corrected chi connectivity index (χ0v) is 35.9. The number of benzene rings is 8. The van der Waals surface area contributed by atoms with Crippen LogP contribution in [0.25, 0.3) is 54.9 Å². The molecule has 0 saturated heterocycles. The van der Waals surface area contributed by atoms with Crippen molar-refractivity contribution >= 4 is 50.7 Å². The molecule has 0 fully saturated rings. The summed E-state index contributed by atoms with van der Waals surface area (Å²) in [6.45, 7) is 17.2. The monoisotopic (exact) mass is 771 g/mol. The number of anilines is 2. The van der Waals surface area contributed by atoms with Gasteiger partial charge in [-0.1, -0.05) is 157 Å². The maximum atomic E-state index is 2.84. The normalized spacial score (nSPS) is 18.9. The van der Waals surface area contributed by atoms with Crippen molar-refractivity contribution in [2.75, 3.05) is 4.81 Å². The van der Waals surface area contributed by atoms with Crippen LogP contribution in [0.5, 0.6) is 0 Å². The molecule has 0 saturated carbocycles. The SMILES string of the molecule is Cc1cc2c(cc1N1B3c4cccc5c4C(Cc4ccc6ccccc6c4-5)c4c3c(cc3ccccc43)-c3c1ccc1c3C(C)(C)c3ccccc3-1)C(C)(C)CCC2(C)C. The number of hydrogen-bond donors (Lipinski definition) is 0. The molecule has 0 amide bonds. The fourth-order valence-electron chi connectivity index (χ4n) is 13.2. The number of hydrogen-bond acceptors (Lipinski definition) is 1. The minimum absolute atomic E-state index is 0.0104. The van der Waals surface area contributed by atoms with Crippen LogP contribution in [-0.4, -0.2) is 6.85 Å². The molecule has 1 nitrogen and oxygen atoms in total. The molecular weight excluding hydrogens is 721 g/mol. The number of aryl methyl sites for hydroxylation is 1. The summed E-state index contributed by atoms with van der Waals surface area (Å²) in [5.74, 6) is 0.246. The van der Waals surface area contributed by atoms with Gasteiger partial charge in [0, 0.05) is 28.3 Å². The van der Waals surface area contributed by atoms with Gasteiger partial charge in [0.05, 0.1) is 0 Å². The van der Waals surface area contributed by atoms with Crippen molar-refractivity contribution in [1.82, 2.24) is 0 Å². The van der Waals surface area contributed by atoms with Crippen LogP contribution in [0.1, 0.15) is 105 Å². The molecule has 13 rings (SSSR count). The van der Waals surface area contributed by atoms with Gasteiger partial charge in [-0.15, -0.1) is 0 Å². The van der Waals surface area contributed by atoms with Gasteiger partial charge in [0.25, 0.3) is 0 Å². The van der Waals surface area contributed by atoms with E-state index in [1.165, 1.54) is 135 Å². The van der Waals surface area contributed by atoms with Crippen molar-refractivity contribution in [2.45, 2.75) is 89.9 Å². The topological polar surface area (TPSA) is 3.24 Å². The van der Waals surface area contributed by atoms with E-state index in [0.717, 1.165) is 6.42 Å². The van der Waals surface area contributed by atoms with E-state index in [2.05, 4.69) is 187 Å². The third-order valence-corrected chi connectivity index (χ3v) is 16.2. The van der Waals surface area contributed by atoms with Crippen LogP contribution in [0.3, 0.4) is 0 Å². The molecule has 2 heterocycles. The first-order chi connectivity index (χ1) is 28.9. The Morgan fingerprint density at radius 3 is 2.05 bits per heavy atom. The van der Waals surface area contributed by atoms with E-state index >= 15 is 0 Å². The lowest BCUT2D eigenvalue weighted by Gasteiger charge is -2.49. The largest absolute Gasteiger partial charge is 0.376 e. The average molecular weight is 772 g/mol. The summed E-state index contributed by atoms with van der Waals surface area (Å²) in [4.78, 5) is 2.84. The van der Waals surface area contributed by atoms with E-state index < -0.39 is 0 Å². The molecule has 0 radical (unpaired) electrons. The van der Waals surface area contributed by atoms with Gasteiger partial charge in [-0.2, -0.15) is 0 Å². The molecule has 2 heteroatoms. The summed E-state index contributed by atoms with van der Waals surface area (Å²) in [6, 6.07) is 52.4. The van der Waals surface area contributed by atoms with Crippen molar-refractivity contribution in [3.8, 4) is 33.4 Å². The Labute approximate surface area is 355 Å². The summed E-state index contributed by atoms with van der Waals surface area (Å²) >= 11 is 0. The molecule has 3 aliphatic carbocycles. The van der Waals surface area contributed by atoms with Gasteiger partial charge in [-0.3, -0.25) is 0 Å². The summed E-state index contributed by atoms with van der Waals surface area (Å²) < 4.78 is 0. The predicted molar refractivity (Wildman–Crippen MR) is 256 cm³/mol. The molecule has 8 aromatic rings. The van der Waals surface area contributed by atoms with Crippen LogP contribution in [-0.2, 0) is 22.7 Å². The van der Waals surface area contributed by atoms with Gasteiger partial charge in [-0.25, -0.2) is 0 Å². The molecule has 0 spiro atoms. The second kappa shape index (κ2) is 11.5. The van der Waals surface area contributed by atoms with Gasteiger partial charge < -0.3 is 4.81 Å². The van der Waals surface area contributed by atoms with E-state index in [4.69, 9.17) is 0 Å². The van der Waals surface area contributed by atoms with E-state index in [1.807, 2.05) is 0 Å². The van der Waals surface area contributed by atoms with Crippen LogP contribution in [0.2, 0.25) is 0 Å². The molecule has 60 heavy (non-hydrogen) atoms. The number of fused-ring (bicyclic) bond motifs is 15. The summed E-state index contributed by atoms with van der Waals surface area (Å²) in [6.07, 6.45) is 3.39. The Balaban J connectivity index is 1.20. The first-order valence-electron chi connectivity index (χ1n) is 22.4. The summed E-state index contributed by atoms with van der Waals surface area (Å²) in [5.41, 5.74) is 26.0. The first kappa shape index (κ1) is 35.0. The lowest BCUT2D eigenvalue weighted by Crippen LogP contribution is -2.63. The van der Waals surface area contributed by atoms with E-state index in [9.17, 15) is 0 Å². The molecule has 2 aliphatic heterocycles. The van der Waals surface area contributed by atoms with Crippen LogP contribution < -0.4 is 15.7 Å². The lowest BCUT2D eigenvalue weighted by molar-refractivity contribution is 0.332. The standard InChI is InChI=1S/C58H50BN/c1-33-29-45-46(57(4,5)28-27-56(45,2)3)32-49(33)60-48-26-25-40-39-19-12-13-21-44(39)58(6,7)54(40)53(48)43-30-35-16-9-11-18-38(35)52-42-31-36-24-23-34-15-8-10-17-37(34)50(36)41-20-14-22-47(51(41)42)59(60)55(43)52/h8-26,29-30,32,42H,27-28,31H2,1-7H3. The van der Waals surface area contributed by atoms with Crippen LogP contribution in [0, 0.1) is 6.92 Å². The lowest BCUT2D eigenvalue weighted by atomic mass is 9.38. The number of rotatable bonds is 1. The zero-order chi connectivity index (χ0) is 40.6. The van der Waals surface area contributed by atoms with E-state index in [1.54, 1.807) is 0 Å². The van der Waals surface area contributed by atoms with Gasteiger partial charge in [0.15, 0.2) is 0 Å². The second-order valence-electron chi connectivity index (χ2n) is 20.6. The number of nitrogens with zero attached hydrogens (tertiary/aromatic N) is 1. The highest BCUT2D eigenvalue weighted by Crippen LogP contribution is 2.59. The quantitative estimate of drug-likeness (QED) is 0.150. The minimum Gasteiger partial charge on any atom is -0.376 e. The van der Waals surface area contributed by atoms with Crippen molar-refractivity contribution in [1.29, 1.82) is 0 Å². The fourth-order valence-corrected chi connectivity index (χ4v) is 13.2. The molecule has 0 aromatic heterocycles. The minimum atomic E-state index is -0.171. The third kappa shape index (κ3) is 4.30. The zero-order valence-electron chi connectivity index (χ0n) is 35.9. The fraction of sp³-hybridized carbons (Fsp3) is 0.241. The van der Waals surface area contributed by atoms with Crippen molar-refractivity contribution in [3.63, 3.8) is 0 Å². The third-order valence-electron chi connectivity index (χ3n) is 16.2. The molecule has 5 aliphatic rings. The average Bonchev–Trinajstić information content (AvgIpc) is 3.49. The van der Waals surface area contributed by atoms with Crippen LogP contribution >= 0.6 is 0 Å². The highest BCUT2D eigenvalue weighted by atomic mass is 15.1. The van der Waals surface area contributed by atoms with Gasteiger partial charge in [0.1, 0.15) is 0 Å². The van der Waals surface area contributed by atoms with Gasteiger partial charge in [-0.05, 0) is 160 Å². The van der Waals surface area contributed by atoms with Crippen LogP contribution in [0.4, 0.5) is 11.4 Å². The van der Waals surface area contributed by atoms with Crippen LogP contribution in [0.15, 0.2) is 133 Å². The van der Waals surface area contributed by atoms with E-state index in [-0.39, 0.29) is 29.0 Å². The maximum Gasteiger partial charge on any atom is 0.329 e. The highest BCUT2D eigenvalue weighted by Gasteiger charge is 2.51. The smallest absolute Gasteiger partial charge is 0.329 e. The molecule has 1 atom stereocenters. The molecular formula is C58H50BN. The van der Waals surface area contributed by atoms with E-state index in [0.29, 0.717) is 0 Å².